The van der Waals surface area contributed by atoms with E-state index in [0.29, 0.717) is 5.92 Å². The smallest absolute Gasteiger partial charge is 0.195 e. The normalized spacial score (nSPS) is 11.4. The first kappa shape index (κ1) is 17.8. The topological polar surface area (TPSA) is 46.8 Å². The zero-order chi connectivity index (χ0) is 19.0. The van der Waals surface area contributed by atoms with Crippen LogP contribution < -0.4 is 4.74 Å². The molecule has 0 aliphatic carbocycles. The molecule has 1 N–H and O–H groups in total. The van der Waals surface area contributed by atoms with Crippen LogP contribution in [0.1, 0.15) is 31.0 Å². The quantitative estimate of drug-likeness (QED) is 0.509. The maximum absolute atomic E-state index is 10.1. The molecular formula is C22H22N2O2S. The summed E-state index contributed by atoms with van der Waals surface area (Å²) in [4.78, 5) is 6.84. The SMILES string of the molecule is COc1ccc(C(C)C)cc1-c1nc2sc(-c3ccccc3)cn2c1CO. The van der Waals surface area contributed by atoms with Crippen LogP contribution in [-0.4, -0.2) is 21.6 Å². The summed E-state index contributed by atoms with van der Waals surface area (Å²) < 4.78 is 7.56. The summed E-state index contributed by atoms with van der Waals surface area (Å²) in [7, 11) is 1.67. The molecule has 2 heterocycles. The second-order valence-corrected chi connectivity index (χ2v) is 7.80. The van der Waals surface area contributed by atoms with Gasteiger partial charge in [0.2, 0.25) is 0 Å². The highest BCUT2D eigenvalue weighted by Crippen LogP contribution is 2.37. The number of hydrogen-bond acceptors (Lipinski definition) is 4. The second kappa shape index (κ2) is 7.18. The van der Waals surface area contributed by atoms with Crippen LogP contribution in [0.5, 0.6) is 5.75 Å². The number of benzene rings is 2. The van der Waals surface area contributed by atoms with E-state index in [1.807, 2.05) is 28.7 Å². The van der Waals surface area contributed by atoms with E-state index in [9.17, 15) is 5.11 Å². The van der Waals surface area contributed by atoms with Gasteiger partial charge in [-0.2, -0.15) is 0 Å². The van der Waals surface area contributed by atoms with E-state index in [0.717, 1.165) is 38.1 Å². The van der Waals surface area contributed by atoms with Crippen LogP contribution in [0.2, 0.25) is 0 Å². The van der Waals surface area contributed by atoms with Gasteiger partial charge in [0, 0.05) is 11.8 Å². The molecule has 0 bridgehead atoms. The number of hydrogen-bond donors (Lipinski definition) is 1. The van der Waals surface area contributed by atoms with Crippen molar-refractivity contribution in [1.29, 1.82) is 0 Å². The second-order valence-electron chi connectivity index (χ2n) is 6.79. The molecule has 0 fully saturated rings. The standard InChI is InChI=1S/C22H22N2O2S/c1-14(2)16-9-10-19(26-3)17(11-16)21-18(13-25)24-12-20(27-22(24)23-21)15-7-5-4-6-8-15/h4-12,14,25H,13H2,1-3H3. The lowest BCUT2D eigenvalue weighted by molar-refractivity contribution is 0.276. The Labute approximate surface area is 162 Å². The third kappa shape index (κ3) is 3.13. The number of aliphatic hydroxyl groups is 1. The van der Waals surface area contributed by atoms with Crippen molar-refractivity contribution in [2.45, 2.75) is 26.4 Å². The lowest BCUT2D eigenvalue weighted by atomic mass is 9.98. The van der Waals surface area contributed by atoms with Crippen molar-refractivity contribution < 1.29 is 9.84 Å². The fourth-order valence-corrected chi connectivity index (χ4v) is 4.27. The van der Waals surface area contributed by atoms with E-state index in [4.69, 9.17) is 9.72 Å². The van der Waals surface area contributed by atoms with Gasteiger partial charge < -0.3 is 9.84 Å². The number of thiazole rings is 1. The van der Waals surface area contributed by atoms with Crippen LogP contribution in [0, 0.1) is 0 Å². The first-order chi connectivity index (χ1) is 13.1. The molecule has 2 aromatic carbocycles. The molecule has 27 heavy (non-hydrogen) atoms. The number of aliphatic hydroxyl groups excluding tert-OH is 1. The zero-order valence-electron chi connectivity index (χ0n) is 15.6. The lowest BCUT2D eigenvalue weighted by Gasteiger charge is -2.12. The summed E-state index contributed by atoms with van der Waals surface area (Å²) in [5.74, 6) is 1.17. The summed E-state index contributed by atoms with van der Waals surface area (Å²) >= 11 is 1.62. The minimum atomic E-state index is -0.0868. The lowest BCUT2D eigenvalue weighted by Crippen LogP contribution is -1.97. The number of rotatable bonds is 5. The van der Waals surface area contributed by atoms with E-state index < -0.39 is 0 Å². The van der Waals surface area contributed by atoms with Gasteiger partial charge in [-0.05, 0) is 29.2 Å². The predicted octanol–water partition coefficient (Wildman–Crippen LogP) is 5.35. The number of imidazole rings is 1. The molecule has 0 atom stereocenters. The number of ether oxygens (including phenoxy) is 1. The minimum Gasteiger partial charge on any atom is -0.496 e. The van der Waals surface area contributed by atoms with Crippen LogP contribution in [0.3, 0.4) is 0 Å². The molecule has 4 rings (SSSR count). The summed E-state index contributed by atoms with van der Waals surface area (Å²) in [6.45, 7) is 4.24. The van der Waals surface area contributed by atoms with Gasteiger partial charge in [0.1, 0.15) is 5.75 Å². The Bertz CT molecular complexity index is 1080. The molecule has 0 saturated carbocycles. The molecule has 0 radical (unpaired) electrons. The molecule has 5 heteroatoms. The Balaban J connectivity index is 1.88. The average molecular weight is 378 g/mol. The van der Waals surface area contributed by atoms with Gasteiger partial charge in [0.15, 0.2) is 4.96 Å². The first-order valence-electron chi connectivity index (χ1n) is 8.97. The van der Waals surface area contributed by atoms with E-state index in [1.165, 1.54) is 5.56 Å². The van der Waals surface area contributed by atoms with Gasteiger partial charge in [-0.25, -0.2) is 4.98 Å². The van der Waals surface area contributed by atoms with Crippen LogP contribution in [0.15, 0.2) is 54.7 Å². The molecule has 0 saturated heterocycles. The van der Waals surface area contributed by atoms with Gasteiger partial charge in [-0.3, -0.25) is 4.40 Å². The van der Waals surface area contributed by atoms with Crippen LogP contribution >= 0.6 is 11.3 Å². The van der Waals surface area contributed by atoms with Gasteiger partial charge in [0.05, 0.1) is 30.0 Å². The largest absolute Gasteiger partial charge is 0.496 e. The highest BCUT2D eigenvalue weighted by molar-refractivity contribution is 7.20. The Kier molecular flexibility index (Phi) is 4.72. The van der Waals surface area contributed by atoms with E-state index in [2.05, 4.69) is 44.3 Å². The monoisotopic (exact) mass is 378 g/mol. The zero-order valence-corrected chi connectivity index (χ0v) is 16.5. The minimum absolute atomic E-state index is 0.0868. The Morgan fingerprint density at radius 1 is 1.15 bits per heavy atom. The molecule has 4 aromatic rings. The van der Waals surface area contributed by atoms with Crippen molar-refractivity contribution in [1.82, 2.24) is 9.38 Å². The van der Waals surface area contributed by atoms with Crippen LogP contribution in [0.25, 0.3) is 26.7 Å². The van der Waals surface area contributed by atoms with Gasteiger partial charge in [-0.15, -0.1) is 0 Å². The maximum Gasteiger partial charge on any atom is 0.195 e. The first-order valence-corrected chi connectivity index (χ1v) is 9.79. The van der Waals surface area contributed by atoms with E-state index >= 15 is 0 Å². The van der Waals surface area contributed by atoms with Crippen molar-refractivity contribution in [3.05, 3.63) is 66.0 Å². The molecule has 0 spiro atoms. The molecule has 2 aromatic heterocycles. The van der Waals surface area contributed by atoms with Crippen molar-refractivity contribution in [3.63, 3.8) is 0 Å². The van der Waals surface area contributed by atoms with Gasteiger partial charge in [0.25, 0.3) is 0 Å². The summed E-state index contributed by atoms with van der Waals surface area (Å²) in [6, 6.07) is 16.4. The Morgan fingerprint density at radius 3 is 2.59 bits per heavy atom. The summed E-state index contributed by atoms with van der Waals surface area (Å²) in [5.41, 5.74) is 4.85. The van der Waals surface area contributed by atoms with Crippen molar-refractivity contribution in [2.75, 3.05) is 7.11 Å². The molecule has 138 valence electrons. The molecule has 0 amide bonds. The number of nitrogens with zero attached hydrogens (tertiary/aromatic N) is 2. The van der Waals surface area contributed by atoms with Crippen molar-refractivity contribution in [2.24, 2.45) is 0 Å². The number of aromatic nitrogens is 2. The van der Waals surface area contributed by atoms with Crippen molar-refractivity contribution in [3.8, 4) is 27.4 Å². The Morgan fingerprint density at radius 2 is 1.93 bits per heavy atom. The van der Waals surface area contributed by atoms with Gasteiger partial charge >= 0.3 is 0 Å². The summed E-state index contributed by atoms with van der Waals surface area (Å²) in [6.07, 6.45) is 2.05. The molecule has 0 aliphatic rings. The number of fused-ring (bicyclic) bond motifs is 1. The van der Waals surface area contributed by atoms with Crippen LogP contribution in [-0.2, 0) is 6.61 Å². The van der Waals surface area contributed by atoms with Gasteiger partial charge in [-0.1, -0.05) is 61.6 Å². The predicted molar refractivity (Wildman–Crippen MR) is 111 cm³/mol. The molecule has 0 unspecified atom stereocenters. The number of methoxy groups -OCH3 is 1. The molecule has 0 aliphatic heterocycles. The third-order valence-corrected chi connectivity index (χ3v) is 5.81. The highest BCUT2D eigenvalue weighted by Gasteiger charge is 2.20. The Hall–Kier alpha value is -2.63. The third-order valence-electron chi connectivity index (χ3n) is 4.78. The van der Waals surface area contributed by atoms with E-state index in [-0.39, 0.29) is 6.61 Å². The van der Waals surface area contributed by atoms with Crippen molar-refractivity contribution >= 4 is 16.3 Å². The average Bonchev–Trinajstić information content (AvgIpc) is 3.25. The van der Waals surface area contributed by atoms with Crippen LogP contribution in [0.4, 0.5) is 0 Å². The fourth-order valence-electron chi connectivity index (χ4n) is 3.26. The highest BCUT2D eigenvalue weighted by atomic mass is 32.1. The fraction of sp³-hybridized carbons (Fsp3) is 0.227. The molecular weight excluding hydrogens is 356 g/mol. The van der Waals surface area contributed by atoms with E-state index in [1.54, 1.807) is 18.4 Å². The maximum atomic E-state index is 10.1. The molecule has 4 nitrogen and oxygen atoms in total. The summed E-state index contributed by atoms with van der Waals surface area (Å²) in [5, 5.41) is 10.1.